The van der Waals surface area contributed by atoms with Gasteiger partial charge < -0.3 is 14.1 Å². The van der Waals surface area contributed by atoms with Crippen molar-refractivity contribution in [3.63, 3.8) is 0 Å². The molecule has 0 aliphatic heterocycles. The molecule has 108 valence electrons. The summed E-state index contributed by atoms with van der Waals surface area (Å²) in [5.74, 6) is -0.910. The molecule has 0 aliphatic carbocycles. The van der Waals surface area contributed by atoms with Crippen LogP contribution in [-0.4, -0.2) is 18.1 Å². The zero-order chi connectivity index (χ0) is 15.2. The van der Waals surface area contributed by atoms with Gasteiger partial charge in [-0.15, -0.1) is 0 Å². The number of rotatable bonds is 2. The van der Waals surface area contributed by atoms with E-state index in [1.54, 1.807) is 24.3 Å². The molecule has 1 aromatic heterocycles. The van der Waals surface area contributed by atoms with Crippen molar-refractivity contribution in [1.29, 1.82) is 0 Å². The van der Waals surface area contributed by atoms with E-state index in [9.17, 15) is 22.9 Å². The summed E-state index contributed by atoms with van der Waals surface area (Å²) in [5, 5.41) is 11.3. The molecule has 3 aromatic rings. The first-order valence-corrected chi connectivity index (χ1v) is 7.54. The van der Waals surface area contributed by atoms with Crippen LogP contribution in [0.25, 0.3) is 21.7 Å². The molecule has 0 saturated heterocycles. The molecule has 0 radical (unpaired) electrons. The predicted octanol–water partition coefficient (Wildman–Crippen LogP) is -1.30. The van der Waals surface area contributed by atoms with Crippen molar-refractivity contribution in [3.8, 4) is 5.75 Å². The van der Waals surface area contributed by atoms with Crippen LogP contribution in [0.2, 0.25) is 0 Å². The van der Waals surface area contributed by atoms with E-state index in [2.05, 4.69) is 0 Å². The maximum atomic E-state index is 11.5. The Morgan fingerprint density at radius 3 is 2.41 bits per heavy atom. The molecule has 0 atom stereocenters. The second-order valence-electron chi connectivity index (χ2n) is 4.61. The summed E-state index contributed by atoms with van der Waals surface area (Å²) in [7, 11) is -4.56. The van der Waals surface area contributed by atoms with Crippen LogP contribution in [0.15, 0.2) is 45.6 Å². The minimum Gasteiger partial charge on any atom is -0.748 e. The van der Waals surface area contributed by atoms with Crippen molar-refractivity contribution >= 4 is 31.9 Å². The molecule has 0 amide bonds. The maximum absolute atomic E-state index is 11.5. The van der Waals surface area contributed by atoms with Gasteiger partial charge in [-0.2, -0.15) is 0 Å². The van der Waals surface area contributed by atoms with Gasteiger partial charge in [0.05, 0.1) is 15.9 Å². The van der Waals surface area contributed by atoms with Crippen LogP contribution in [0.5, 0.6) is 5.75 Å². The van der Waals surface area contributed by atoms with Crippen molar-refractivity contribution in [2.24, 2.45) is 0 Å². The van der Waals surface area contributed by atoms with Crippen LogP contribution < -0.4 is 35.2 Å². The monoisotopic (exact) mass is 328 g/mol. The van der Waals surface area contributed by atoms with E-state index in [4.69, 9.17) is 4.42 Å². The number of hydrogen-bond acceptors (Lipinski definition) is 6. The molecule has 1 heterocycles. The van der Waals surface area contributed by atoms with Gasteiger partial charge in [0, 0.05) is 22.9 Å². The number of benzene rings is 2. The summed E-state index contributed by atoms with van der Waals surface area (Å²) in [4.78, 5) is 11.5. The smallest absolute Gasteiger partial charge is 0.748 e. The summed E-state index contributed by atoms with van der Waals surface area (Å²) in [5.41, 5.74) is -0.680. The van der Waals surface area contributed by atoms with Crippen molar-refractivity contribution in [3.05, 3.63) is 52.4 Å². The Morgan fingerprint density at radius 1 is 1.14 bits per heavy atom. The van der Waals surface area contributed by atoms with Gasteiger partial charge in [0.2, 0.25) is 0 Å². The summed E-state index contributed by atoms with van der Waals surface area (Å²) in [6.07, 6.45) is 0. The van der Waals surface area contributed by atoms with Gasteiger partial charge in [0.25, 0.3) is 0 Å². The average molecular weight is 328 g/mol. The third kappa shape index (κ3) is 3.18. The van der Waals surface area contributed by atoms with Crippen LogP contribution in [0.3, 0.4) is 0 Å². The number of aromatic hydroxyl groups is 1. The molecule has 22 heavy (non-hydrogen) atoms. The molecule has 1 N–H and O–H groups in total. The number of phenols is 1. The SMILES string of the molecule is O=c1cc(CS(=O)(=O)[O-])c2c(cc(O)c3ccccc32)o1.[Na+]. The van der Waals surface area contributed by atoms with Crippen molar-refractivity contribution < 1.29 is 52.1 Å². The van der Waals surface area contributed by atoms with E-state index in [0.29, 0.717) is 16.2 Å². The Labute approximate surface area is 147 Å². The van der Waals surface area contributed by atoms with Crippen molar-refractivity contribution in [2.45, 2.75) is 5.75 Å². The molecule has 0 aliphatic rings. The minimum absolute atomic E-state index is 0. The zero-order valence-electron chi connectivity index (χ0n) is 11.6. The molecule has 6 nitrogen and oxygen atoms in total. The summed E-state index contributed by atoms with van der Waals surface area (Å²) >= 11 is 0. The molecule has 2 aromatic carbocycles. The first-order valence-electron chi connectivity index (χ1n) is 5.96. The first kappa shape index (κ1) is 17.0. The van der Waals surface area contributed by atoms with Crippen molar-refractivity contribution in [1.82, 2.24) is 0 Å². The maximum Gasteiger partial charge on any atom is 1.00 e. The van der Waals surface area contributed by atoms with Gasteiger partial charge in [0.15, 0.2) is 0 Å². The normalized spacial score (nSPS) is 11.5. The van der Waals surface area contributed by atoms with Crippen molar-refractivity contribution in [2.75, 3.05) is 0 Å². The van der Waals surface area contributed by atoms with Gasteiger partial charge in [-0.05, 0) is 10.9 Å². The van der Waals surface area contributed by atoms with E-state index in [-0.39, 0.29) is 46.5 Å². The molecular formula is C14H9NaO6S. The number of hydrogen-bond donors (Lipinski definition) is 1. The second-order valence-corrected chi connectivity index (χ2v) is 6.01. The third-order valence-corrected chi connectivity index (χ3v) is 3.81. The molecule has 3 rings (SSSR count). The van der Waals surface area contributed by atoms with Gasteiger partial charge in [0.1, 0.15) is 11.3 Å². The van der Waals surface area contributed by atoms with E-state index in [1.807, 2.05) is 0 Å². The predicted molar refractivity (Wildman–Crippen MR) is 75.1 cm³/mol. The Hall–Kier alpha value is -1.38. The Morgan fingerprint density at radius 2 is 1.77 bits per heavy atom. The van der Waals surface area contributed by atoms with Crippen LogP contribution in [0, 0.1) is 0 Å². The largest absolute Gasteiger partial charge is 1.00 e. The van der Waals surface area contributed by atoms with E-state index >= 15 is 0 Å². The molecule has 0 bridgehead atoms. The quantitative estimate of drug-likeness (QED) is 0.271. The molecule has 0 saturated carbocycles. The van der Waals surface area contributed by atoms with Crippen LogP contribution >= 0.6 is 0 Å². The Bertz CT molecular complexity index is 1020. The minimum atomic E-state index is -4.56. The number of fused-ring (bicyclic) bond motifs is 3. The van der Waals surface area contributed by atoms with Gasteiger partial charge in [-0.1, -0.05) is 24.3 Å². The Kier molecular flexibility index (Phi) is 4.65. The van der Waals surface area contributed by atoms with Crippen LogP contribution in [-0.2, 0) is 15.9 Å². The fourth-order valence-electron chi connectivity index (χ4n) is 2.40. The Balaban J connectivity index is 0.00000176. The van der Waals surface area contributed by atoms with E-state index in [1.165, 1.54) is 6.07 Å². The fraction of sp³-hybridized carbons (Fsp3) is 0.0714. The van der Waals surface area contributed by atoms with Crippen LogP contribution in [0.4, 0.5) is 0 Å². The molecule has 0 spiro atoms. The third-order valence-electron chi connectivity index (χ3n) is 3.14. The molecule has 0 fully saturated rings. The topological polar surface area (TPSA) is 108 Å². The van der Waals surface area contributed by atoms with Crippen LogP contribution in [0.1, 0.15) is 5.56 Å². The number of phenolic OH excluding ortho intramolecular Hbond substituents is 1. The van der Waals surface area contributed by atoms with Gasteiger partial charge >= 0.3 is 35.2 Å². The van der Waals surface area contributed by atoms with Gasteiger partial charge in [-0.25, -0.2) is 13.2 Å². The summed E-state index contributed by atoms with van der Waals surface area (Å²) in [6, 6.07) is 8.92. The zero-order valence-corrected chi connectivity index (χ0v) is 14.4. The summed E-state index contributed by atoms with van der Waals surface area (Å²) in [6.45, 7) is 0. The fourth-order valence-corrected chi connectivity index (χ4v) is 3.01. The van der Waals surface area contributed by atoms with E-state index in [0.717, 1.165) is 6.07 Å². The second kappa shape index (κ2) is 6.02. The molecule has 0 unspecified atom stereocenters. The van der Waals surface area contributed by atoms with Gasteiger partial charge in [-0.3, -0.25) is 0 Å². The average Bonchev–Trinajstić information content (AvgIpc) is 2.36. The standard InChI is InChI=1S/C14H10O6S.Na/c15-11-6-12-14(10-4-2-1-3-9(10)11)8(5-13(16)20-12)7-21(17,18)19;/h1-6,15H,7H2,(H,17,18,19);/q;+1/p-1. The molecule has 8 heteroatoms. The summed E-state index contributed by atoms with van der Waals surface area (Å²) < 4.78 is 38.1. The molecular weight excluding hydrogens is 319 g/mol. The first-order chi connectivity index (χ1) is 9.85. The van der Waals surface area contributed by atoms with E-state index < -0.39 is 21.5 Å².